The normalized spacial score (nSPS) is 12.7. The number of rotatable bonds is 0. The van der Waals surface area contributed by atoms with Crippen LogP contribution in [0.5, 0.6) is 0 Å². The third kappa shape index (κ3) is 3.02. The van der Waals surface area contributed by atoms with Gasteiger partial charge < -0.3 is 5.32 Å². The van der Waals surface area contributed by atoms with E-state index in [9.17, 15) is 0 Å². The van der Waals surface area contributed by atoms with Crippen molar-refractivity contribution in [3.8, 4) is 0 Å². The number of nitrogens with one attached hydrogen (secondary N) is 1. The maximum Gasteiger partial charge on any atom is 0.0695 e. The zero-order chi connectivity index (χ0) is 16.3. The number of halogens is 8. The Kier molecular flexibility index (Phi) is 6.29. The predicted molar refractivity (Wildman–Crippen MR) is 122 cm³/mol. The highest BCUT2D eigenvalue weighted by molar-refractivity contribution is 9.15. The van der Waals surface area contributed by atoms with Crippen LogP contribution in [-0.2, 0) is 0 Å². The molecule has 1 aliphatic heterocycles. The van der Waals surface area contributed by atoms with Crippen molar-refractivity contribution in [2.75, 3.05) is 5.32 Å². The highest BCUT2D eigenvalue weighted by Gasteiger charge is 2.29. The molecule has 0 spiro atoms. The van der Waals surface area contributed by atoms with E-state index < -0.39 is 0 Å². The van der Waals surface area contributed by atoms with Gasteiger partial charge in [0.25, 0.3) is 0 Å². The van der Waals surface area contributed by atoms with Crippen LogP contribution in [0.1, 0.15) is 0 Å². The minimum Gasteiger partial charge on any atom is -0.352 e. The summed E-state index contributed by atoms with van der Waals surface area (Å²) >= 11 is 30.8. The maximum atomic E-state index is 3.67. The van der Waals surface area contributed by atoms with Crippen molar-refractivity contribution in [2.45, 2.75) is 9.79 Å². The number of hydrogen-bond acceptors (Lipinski definition) is 2. The standard InChI is InChI=1S/C12HBr8NS/c13-1-3(15)7(19)11-9(5(1)17)21-10-6(18)2(14)4(16)8(20)12(10)22-11/h21H. The summed E-state index contributed by atoms with van der Waals surface area (Å²) in [4.78, 5) is 2.22. The number of hydrogen-bond donors (Lipinski definition) is 1. The van der Waals surface area contributed by atoms with Gasteiger partial charge in [0.1, 0.15) is 0 Å². The lowest BCUT2D eigenvalue weighted by molar-refractivity contribution is 1.22. The molecule has 1 N–H and O–H groups in total. The predicted octanol–water partition coefficient (Wildman–Crippen LogP) is 9.99. The van der Waals surface area contributed by atoms with Gasteiger partial charge >= 0.3 is 0 Å². The molecular formula is C12HBr8NS. The maximum absolute atomic E-state index is 3.67. The molecule has 0 fully saturated rings. The first kappa shape index (κ1) is 19.2. The van der Waals surface area contributed by atoms with Crippen molar-refractivity contribution in [3.05, 3.63) is 35.8 Å². The Labute approximate surface area is 198 Å². The lowest BCUT2D eigenvalue weighted by atomic mass is 10.2. The average molecular weight is 830 g/mol. The van der Waals surface area contributed by atoms with Crippen molar-refractivity contribution < 1.29 is 0 Å². The fraction of sp³-hybridized carbons (Fsp3) is 0. The minimum atomic E-state index is 0.959. The Morgan fingerprint density at radius 3 is 1.14 bits per heavy atom. The molecule has 0 unspecified atom stereocenters. The Hall–Kier alpha value is 2.43. The quantitative estimate of drug-likeness (QED) is 0.179. The van der Waals surface area contributed by atoms with Crippen LogP contribution < -0.4 is 5.32 Å². The zero-order valence-corrected chi connectivity index (χ0v) is 23.4. The molecule has 0 atom stereocenters. The Morgan fingerprint density at radius 2 is 0.773 bits per heavy atom. The SMILES string of the molecule is Brc1c(Br)c(Br)c2c(c1Br)Nc1c(Br)c(Br)c(Br)c(Br)c1S2. The van der Waals surface area contributed by atoms with E-state index in [-0.39, 0.29) is 0 Å². The molecule has 10 heteroatoms. The summed E-state index contributed by atoms with van der Waals surface area (Å²) in [5.41, 5.74) is 2.03. The number of benzene rings is 2. The van der Waals surface area contributed by atoms with Gasteiger partial charge in [-0.2, -0.15) is 0 Å². The lowest BCUT2D eigenvalue weighted by Crippen LogP contribution is -2.05. The van der Waals surface area contributed by atoms with Gasteiger partial charge in [0, 0.05) is 26.8 Å². The van der Waals surface area contributed by atoms with Crippen molar-refractivity contribution in [1.82, 2.24) is 0 Å². The van der Waals surface area contributed by atoms with Crippen molar-refractivity contribution >= 4 is 151 Å². The Balaban J connectivity index is 2.32. The molecule has 2 aromatic rings. The van der Waals surface area contributed by atoms with Crippen LogP contribution in [0.15, 0.2) is 45.6 Å². The molecule has 0 saturated carbocycles. The molecule has 0 saturated heterocycles. The molecule has 1 aliphatic rings. The third-order valence-electron chi connectivity index (χ3n) is 2.90. The molecule has 116 valence electrons. The molecule has 0 radical (unpaired) electrons. The van der Waals surface area contributed by atoms with Gasteiger partial charge in [-0.3, -0.25) is 0 Å². The van der Waals surface area contributed by atoms with E-state index in [1.807, 2.05) is 0 Å². The molecule has 0 amide bonds. The number of anilines is 2. The molecule has 3 rings (SSSR count). The molecule has 1 nitrogen and oxygen atoms in total. The second-order valence-electron chi connectivity index (χ2n) is 4.15. The summed E-state index contributed by atoms with van der Waals surface area (Å²) < 4.78 is 7.81. The molecule has 0 bridgehead atoms. The lowest BCUT2D eigenvalue weighted by Gasteiger charge is -2.27. The molecule has 0 aromatic heterocycles. The summed E-state index contributed by atoms with van der Waals surface area (Å²) in [6.45, 7) is 0. The zero-order valence-electron chi connectivity index (χ0n) is 9.93. The summed E-state index contributed by atoms with van der Waals surface area (Å²) in [5, 5.41) is 3.52. The van der Waals surface area contributed by atoms with Crippen LogP contribution in [0.4, 0.5) is 11.4 Å². The van der Waals surface area contributed by atoms with Gasteiger partial charge in [-0.25, -0.2) is 0 Å². The van der Waals surface area contributed by atoms with Crippen LogP contribution >= 0.6 is 139 Å². The van der Waals surface area contributed by atoms with Gasteiger partial charge in [0.15, 0.2) is 0 Å². The first-order valence-electron chi connectivity index (χ1n) is 5.42. The smallest absolute Gasteiger partial charge is 0.0695 e. The second kappa shape index (κ2) is 7.21. The molecule has 2 aromatic carbocycles. The van der Waals surface area contributed by atoms with E-state index in [1.54, 1.807) is 11.8 Å². The van der Waals surface area contributed by atoms with Crippen LogP contribution in [0.25, 0.3) is 0 Å². The van der Waals surface area contributed by atoms with Crippen LogP contribution in [0.3, 0.4) is 0 Å². The average Bonchev–Trinajstić information content (AvgIpc) is 2.52. The van der Waals surface area contributed by atoms with Crippen molar-refractivity contribution in [1.29, 1.82) is 0 Å². The first-order valence-corrected chi connectivity index (χ1v) is 12.6. The molecule has 22 heavy (non-hydrogen) atoms. The summed E-state index contributed by atoms with van der Waals surface area (Å²) in [6, 6.07) is 0. The van der Waals surface area contributed by atoms with E-state index in [2.05, 4.69) is 133 Å². The van der Waals surface area contributed by atoms with Crippen LogP contribution in [0, 0.1) is 0 Å². The molecular weight excluding hydrogens is 829 g/mol. The highest BCUT2D eigenvalue weighted by atomic mass is 79.9. The van der Waals surface area contributed by atoms with Gasteiger partial charge in [0.05, 0.1) is 30.1 Å². The fourth-order valence-corrected chi connectivity index (χ4v) is 8.41. The minimum absolute atomic E-state index is 0.959. The van der Waals surface area contributed by atoms with Gasteiger partial charge in [-0.05, 0) is 127 Å². The van der Waals surface area contributed by atoms with Gasteiger partial charge in [-0.1, -0.05) is 11.8 Å². The third-order valence-corrected chi connectivity index (χ3v) is 14.2. The van der Waals surface area contributed by atoms with E-state index in [4.69, 9.17) is 0 Å². The largest absolute Gasteiger partial charge is 0.352 e. The summed E-state index contributed by atoms with van der Waals surface area (Å²) in [7, 11) is 0. The topological polar surface area (TPSA) is 12.0 Å². The fourth-order valence-electron chi connectivity index (χ4n) is 1.87. The highest BCUT2D eigenvalue weighted by Crippen LogP contribution is 2.59. The van der Waals surface area contributed by atoms with E-state index in [1.165, 1.54) is 0 Å². The molecule has 0 aliphatic carbocycles. The summed E-state index contributed by atoms with van der Waals surface area (Å²) in [5.74, 6) is 0. The van der Waals surface area contributed by atoms with Crippen LogP contribution in [-0.4, -0.2) is 0 Å². The van der Waals surface area contributed by atoms with Crippen molar-refractivity contribution in [2.24, 2.45) is 0 Å². The van der Waals surface area contributed by atoms with Crippen molar-refractivity contribution in [3.63, 3.8) is 0 Å². The van der Waals surface area contributed by atoms with Gasteiger partial charge in [-0.15, -0.1) is 0 Å². The monoisotopic (exact) mass is 822 g/mol. The summed E-state index contributed by atoms with van der Waals surface area (Å²) in [6.07, 6.45) is 0. The Morgan fingerprint density at radius 1 is 0.455 bits per heavy atom. The first-order chi connectivity index (χ1) is 10.3. The van der Waals surface area contributed by atoms with E-state index in [0.717, 1.165) is 56.9 Å². The van der Waals surface area contributed by atoms with Gasteiger partial charge in [0.2, 0.25) is 0 Å². The van der Waals surface area contributed by atoms with E-state index >= 15 is 0 Å². The van der Waals surface area contributed by atoms with Crippen LogP contribution in [0.2, 0.25) is 0 Å². The number of fused-ring (bicyclic) bond motifs is 2. The molecule has 1 heterocycles. The second-order valence-corrected chi connectivity index (χ2v) is 11.5. The Bertz CT molecular complexity index is 700. The van der Waals surface area contributed by atoms with E-state index in [0.29, 0.717) is 0 Å².